The maximum atomic E-state index is 14.2. The molecule has 0 spiro atoms. The fourth-order valence-electron chi connectivity index (χ4n) is 2.98. The molecule has 0 saturated carbocycles. The molecule has 0 bridgehead atoms. The van der Waals surface area contributed by atoms with E-state index in [2.05, 4.69) is 5.32 Å². The van der Waals surface area contributed by atoms with Crippen molar-refractivity contribution in [1.82, 2.24) is 5.32 Å². The third-order valence-electron chi connectivity index (χ3n) is 4.14. The molecule has 1 aliphatic rings. The Hall–Kier alpha value is -1.58. The molecule has 1 saturated heterocycles. The van der Waals surface area contributed by atoms with Gasteiger partial charge in [0.15, 0.2) is 0 Å². The molecule has 1 fully saturated rings. The maximum absolute atomic E-state index is 14.2. The predicted octanol–water partition coefficient (Wildman–Crippen LogP) is 3.57. The van der Waals surface area contributed by atoms with Gasteiger partial charge >= 0.3 is 0 Å². The molecule has 1 aliphatic heterocycles. The summed E-state index contributed by atoms with van der Waals surface area (Å²) < 4.78 is 19.6. The molecule has 0 aromatic heterocycles. The predicted molar refractivity (Wildman–Crippen MR) is 82.7 cm³/mol. The van der Waals surface area contributed by atoms with Gasteiger partial charge in [0, 0.05) is 23.5 Å². The lowest BCUT2D eigenvalue weighted by Gasteiger charge is -2.43. The molecule has 2 aromatic carbocycles. The van der Waals surface area contributed by atoms with Crippen LogP contribution in [0.25, 0.3) is 0 Å². The van der Waals surface area contributed by atoms with E-state index in [1.54, 1.807) is 19.2 Å². The second-order valence-corrected chi connectivity index (χ2v) is 5.93. The highest BCUT2D eigenvalue weighted by atomic mass is 35.5. The Balaban J connectivity index is 1.99. The van der Waals surface area contributed by atoms with Gasteiger partial charge < -0.3 is 10.1 Å². The standard InChI is InChI=1S/C17H17ClFNO/c1-21-16-7-6-13(18)8-12(16)9-17(10-20-11-17)14-4-2-3-5-15(14)19/h2-8,20H,9-11H2,1H3. The van der Waals surface area contributed by atoms with Crippen LogP contribution in [0.2, 0.25) is 5.02 Å². The molecule has 0 radical (unpaired) electrons. The van der Waals surface area contributed by atoms with Crippen molar-refractivity contribution in [3.05, 3.63) is 64.4 Å². The van der Waals surface area contributed by atoms with Gasteiger partial charge in [-0.2, -0.15) is 0 Å². The molecule has 0 atom stereocenters. The van der Waals surface area contributed by atoms with E-state index in [4.69, 9.17) is 16.3 Å². The van der Waals surface area contributed by atoms with Gasteiger partial charge in [-0.3, -0.25) is 0 Å². The average molecular weight is 306 g/mol. The maximum Gasteiger partial charge on any atom is 0.127 e. The van der Waals surface area contributed by atoms with Crippen LogP contribution in [0.1, 0.15) is 11.1 Å². The van der Waals surface area contributed by atoms with Gasteiger partial charge in [-0.15, -0.1) is 0 Å². The number of hydrogen-bond acceptors (Lipinski definition) is 2. The molecule has 110 valence electrons. The Morgan fingerprint density at radius 1 is 1.24 bits per heavy atom. The number of rotatable bonds is 4. The fraction of sp³-hybridized carbons (Fsp3) is 0.294. The van der Waals surface area contributed by atoms with Crippen molar-refractivity contribution in [3.8, 4) is 5.75 Å². The lowest BCUT2D eigenvalue weighted by molar-refractivity contribution is 0.262. The van der Waals surface area contributed by atoms with E-state index in [0.717, 1.165) is 30.0 Å². The van der Waals surface area contributed by atoms with Gasteiger partial charge in [-0.25, -0.2) is 4.39 Å². The highest BCUT2D eigenvalue weighted by molar-refractivity contribution is 6.30. The first-order valence-corrected chi connectivity index (χ1v) is 7.31. The van der Waals surface area contributed by atoms with Crippen LogP contribution in [0, 0.1) is 5.82 Å². The van der Waals surface area contributed by atoms with E-state index < -0.39 is 0 Å². The van der Waals surface area contributed by atoms with Gasteiger partial charge in [-0.1, -0.05) is 29.8 Å². The highest BCUT2D eigenvalue weighted by Gasteiger charge is 2.41. The zero-order valence-corrected chi connectivity index (χ0v) is 12.6. The minimum absolute atomic E-state index is 0.153. The summed E-state index contributed by atoms with van der Waals surface area (Å²) in [6, 6.07) is 12.6. The normalized spacial score (nSPS) is 16.3. The third-order valence-corrected chi connectivity index (χ3v) is 4.38. The molecule has 2 nitrogen and oxygen atoms in total. The van der Waals surface area contributed by atoms with Crippen LogP contribution in [0.15, 0.2) is 42.5 Å². The molecular formula is C17H17ClFNO. The zero-order chi connectivity index (χ0) is 14.9. The summed E-state index contributed by atoms with van der Waals surface area (Å²) in [5.74, 6) is 0.641. The second kappa shape index (κ2) is 5.66. The van der Waals surface area contributed by atoms with Crippen LogP contribution >= 0.6 is 11.6 Å². The quantitative estimate of drug-likeness (QED) is 0.932. The molecular weight excluding hydrogens is 289 g/mol. The molecule has 0 aliphatic carbocycles. The SMILES string of the molecule is COc1ccc(Cl)cc1CC1(c2ccccc2F)CNC1. The molecule has 3 rings (SSSR count). The third kappa shape index (κ3) is 2.63. The number of methoxy groups -OCH3 is 1. The van der Waals surface area contributed by atoms with Crippen LogP contribution in [-0.4, -0.2) is 20.2 Å². The number of ether oxygens (including phenoxy) is 1. The van der Waals surface area contributed by atoms with Gasteiger partial charge in [0.05, 0.1) is 7.11 Å². The monoisotopic (exact) mass is 305 g/mol. The van der Waals surface area contributed by atoms with Gasteiger partial charge in [-0.05, 0) is 41.8 Å². The largest absolute Gasteiger partial charge is 0.496 e. The fourth-order valence-corrected chi connectivity index (χ4v) is 3.17. The number of halogens is 2. The zero-order valence-electron chi connectivity index (χ0n) is 11.8. The van der Waals surface area contributed by atoms with E-state index in [-0.39, 0.29) is 11.2 Å². The lowest BCUT2D eigenvalue weighted by Crippen LogP contribution is -2.58. The first kappa shape index (κ1) is 14.4. The van der Waals surface area contributed by atoms with E-state index in [9.17, 15) is 4.39 Å². The Kier molecular flexibility index (Phi) is 3.87. The Morgan fingerprint density at radius 3 is 2.62 bits per heavy atom. The van der Waals surface area contributed by atoms with Crippen LogP contribution in [-0.2, 0) is 11.8 Å². The van der Waals surface area contributed by atoms with Crippen molar-refractivity contribution >= 4 is 11.6 Å². The van der Waals surface area contributed by atoms with Gasteiger partial charge in [0.25, 0.3) is 0 Å². The first-order chi connectivity index (χ1) is 10.1. The van der Waals surface area contributed by atoms with Crippen molar-refractivity contribution in [2.75, 3.05) is 20.2 Å². The molecule has 21 heavy (non-hydrogen) atoms. The Morgan fingerprint density at radius 2 is 2.00 bits per heavy atom. The first-order valence-electron chi connectivity index (χ1n) is 6.93. The molecule has 0 amide bonds. The van der Waals surface area contributed by atoms with Crippen LogP contribution in [0.5, 0.6) is 5.75 Å². The summed E-state index contributed by atoms with van der Waals surface area (Å²) in [5, 5.41) is 3.93. The van der Waals surface area contributed by atoms with E-state index in [1.165, 1.54) is 6.07 Å². The summed E-state index contributed by atoms with van der Waals surface area (Å²) in [5.41, 5.74) is 1.53. The van der Waals surface area contributed by atoms with Crippen molar-refractivity contribution in [2.24, 2.45) is 0 Å². The summed E-state index contributed by atoms with van der Waals surface area (Å²) in [7, 11) is 1.64. The molecule has 1 heterocycles. The Bertz CT molecular complexity index is 655. The van der Waals surface area contributed by atoms with Gasteiger partial charge in [0.1, 0.15) is 11.6 Å². The minimum Gasteiger partial charge on any atom is -0.496 e. The average Bonchev–Trinajstić information content (AvgIpc) is 2.44. The van der Waals surface area contributed by atoms with Crippen LogP contribution in [0.3, 0.4) is 0 Å². The second-order valence-electron chi connectivity index (χ2n) is 5.50. The molecule has 0 unspecified atom stereocenters. The minimum atomic E-state index is -0.233. The summed E-state index contributed by atoms with van der Waals surface area (Å²) >= 11 is 6.10. The molecule has 4 heteroatoms. The highest BCUT2D eigenvalue weighted by Crippen LogP contribution is 2.37. The number of hydrogen-bond donors (Lipinski definition) is 1. The van der Waals surface area contributed by atoms with Crippen LogP contribution in [0.4, 0.5) is 4.39 Å². The molecule has 1 N–H and O–H groups in total. The van der Waals surface area contributed by atoms with Crippen molar-refractivity contribution in [3.63, 3.8) is 0 Å². The number of benzene rings is 2. The molecule has 2 aromatic rings. The van der Waals surface area contributed by atoms with Gasteiger partial charge in [0.2, 0.25) is 0 Å². The lowest BCUT2D eigenvalue weighted by atomic mass is 9.70. The van der Waals surface area contributed by atoms with Crippen LogP contribution < -0.4 is 10.1 Å². The smallest absolute Gasteiger partial charge is 0.127 e. The topological polar surface area (TPSA) is 21.3 Å². The van der Waals surface area contributed by atoms with Crippen molar-refractivity contribution < 1.29 is 9.13 Å². The van der Waals surface area contributed by atoms with Crippen molar-refractivity contribution in [2.45, 2.75) is 11.8 Å². The summed E-state index contributed by atoms with van der Waals surface area (Å²) in [4.78, 5) is 0. The summed E-state index contributed by atoms with van der Waals surface area (Å²) in [6.07, 6.45) is 0.699. The van der Waals surface area contributed by atoms with E-state index in [1.807, 2.05) is 24.3 Å². The Labute approximate surface area is 128 Å². The van der Waals surface area contributed by atoms with Crippen molar-refractivity contribution in [1.29, 1.82) is 0 Å². The van der Waals surface area contributed by atoms with E-state index in [0.29, 0.717) is 11.4 Å². The van der Waals surface area contributed by atoms with E-state index >= 15 is 0 Å². The summed E-state index contributed by atoms with van der Waals surface area (Å²) in [6.45, 7) is 1.51. The number of nitrogens with one attached hydrogen (secondary N) is 1.